The molecule has 1 N–H and O–H groups in total. The van der Waals surface area contributed by atoms with Gasteiger partial charge in [0.25, 0.3) is 0 Å². The van der Waals surface area contributed by atoms with Crippen molar-refractivity contribution in [2.75, 3.05) is 10.2 Å². The molecule has 0 radical (unpaired) electrons. The molecule has 38 heavy (non-hydrogen) atoms. The first-order valence-corrected chi connectivity index (χ1v) is 13.0. The van der Waals surface area contributed by atoms with Gasteiger partial charge in [-0.2, -0.15) is 0 Å². The molecule has 0 amide bonds. The maximum atomic E-state index is 5.04. The standard InChI is InChI=1S/C34H24N4/c1-2-12-23-22(10-1)11-7-13-24(23)31-25-14-8-21-36-33(25)34(26-15-9-20-35-32(26)31)38-29-18-5-3-16-27(29)37-28-17-4-6-19-30(28)38/h1-23,37H. The van der Waals surface area contributed by atoms with E-state index in [-0.39, 0.29) is 5.92 Å². The number of hydrogen-bond acceptors (Lipinski definition) is 4. The third-order valence-electron chi connectivity index (χ3n) is 7.82. The van der Waals surface area contributed by atoms with Gasteiger partial charge in [0, 0.05) is 40.6 Å². The van der Waals surface area contributed by atoms with E-state index in [0.717, 1.165) is 50.2 Å². The van der Waals surface area contributed by atoms with Crippen LogP contribution in [0.15, 0.2) is 128 Å². The Morgan fingerprint density at radius 2 is 1.29 bits per heavy atom. The average molecular weight is 489 g/mol. The minimum atomic E-state index is 0.269. The molecule has 0 spiro atoms. The summed E-state index contributed by atoms with van der Waals surface area (Å²) in [5.41, 5.74) is 9.80. The van der Waals surface area contributed by atoms with Crippen molar-refractivity contribution in [1.29, 1.82) is 0 Å². The summed E-state index contributed by atoms with van der Waals surface area (Å²) in [6, 6.07) is 25.4. The van der Waals surface area contributed by atoms with Gasteiger partial charge in [0.05, 0.1) is 39.5 Å². The summed E-state index contributed by atoms with van der Waals surface area (Å²) < 4.78 is 0. The van der Waals surface area contributed by atoms with Gasteiger partial charge in [-0.1, -0.05) is 72.9 Å². The number of allylic oxidation sites excluding steroid dienone is 8. The fourth-order valence-corrected chi connectivity index (χ4v) is 6.20. The van der Waals surface area contributed by atoms with Crippen LogP contribution in [0, 0.1) is 11.8 Å². The van der Waals surface area contributed by atoms with Gasteiger partial charge >= 0.3 is 0 Å². The summed E-state index contributed by atoms with van der Waals surface area (Å²) >= 11 is 0. The molecule has 180 valence electrons. The Bertz CT molecular complexity index is 1770. The fourth-order valence-electron chi connectivity index (χ4n) is 6.20. The van der Waals surface area contributed by atoms with Crippen molar-refractivity contribution in [3.8, 4) is 0 Å². The lowest BCUT2D eigenvalue weighted by Gasteiger charge is -2.35. The lowest BCUT2D eigenvalue weighted by Crippen LogP contribution is -2.19. The minimum absolute atomic E-state index is 0.269. The second-order valence-electron chi connectivity index (χ2n) is 9.90. The van der Waals surface area contributed by atoms with Crippen molar-refractivity contribution in [3.05, 3.63) is 133 Å². The van der Waals surface area contributed by atoms with E-state index in [1.807, 2.05) is 24.5 Å². The predicted molar refractivity (Wildman–Crippen MR) is 157 cm³/mol. The lowest BCUT2D eigenvalue weighted by molar-refractivity contribution is 0.678. The maximum absolute atomic E-state index is 5.04. The van der Waals surface area contributed by atoms with Crippen molar-refractivity contribution >= 4 is 55.8 Å². The van der Waals surface area contributed by atoms with Gasteiger partial charge in [-0.3, -0.25) is 9.97 Å². The van der Waals surface area contributed by atoms with Crippen LogP contribution < -0.4 is 10.2 Å². The summed E-state index contributed by atoms with van der Waals surface area (Å²) in [4.78, 5) is 12.4. The molecule has 0 bridgehead atoms. The SMILES string of the molecule is C1=CC2C=CC=C(c3c4cccnc4c(N4c5ccccc5Nc5ccccc54)c4cccnc34)C2C=C1. The summed E-state index contributed by atoms with van der Waals surface area (Å²) in [7, 11) is 0. The smallest absolute Gasteiger partial charge is 0.0956 e. The van der Waals surface area contributed by atoms with Crippen LogP contribution in [0.5, 0.6) is 0 Å². The van der Waals surface area contributed by atoms with E-state index in [4.69, 9.17) is 9.97 Å². The molecule has 4 heteroatoms. The summed E-state index contributed by atoms with van der Waals surface area (Å²) in [5, 5.41) is 5.82. The van der Waals surface area contributed by atoms with Crippen LogP contribution in [0.3, 0.4) is 0 Å². The van der Waals surface area contributed by atoms with Crippen molar-refractivity contribution in [3.63, 3.8) is 0 Å². The topological polar surface area (TPSA) is 41.1 Å². The number of nitrogens with one attached hydrogen (secondary N) is 1. The van der Waals surface area contributed by atoms with Gasteiger partial charge in [0.1, 0.15) is 0 Å². The quantitative estimate of drug-likeness (QED) is 0.248. The highest BCUT2D eigenvalue weighted by Crippen LogP contribution is 2.53. The fraction of sp³-hybridized carbons (Fsp3) is 0.0588. The highest BCUT2D eigenvalue weighted by Gasteiger charge is 2.31. The van der Waals surface area contributed by atoms with E-state index in [1.165, 1.54) is 11.1 Å². The van der Waals surface area contributed by atoms with Crippen molar-refractivity contribution in [2.45, 2.75) is 0 Å². The largest absolute Gasteiger partial charge is 0.352 e. The van der Waals surface area contributed by atoms with Gasteiger partial charge in [0.2, 0.25) is 0 Å². The Balaban J connectivity index is 1.49. The zero-order chi connectivity index (χ0) is 25.1. The zero-order valence-corrected chi connectivity index (χ0v) is 20.6. The number of rotatable bonds is 2. The average Bonchev–Trinajstić information content (AvgIpc) is 2.99. The zero-order valence-electron chi connectivity index (χ0n) is 20.6. The molecule has 2 unspecified atom stereocenters. The molecule has 0 saturated carbocycles. The van der Waals surface area contributed by atoms with E-state index in [2.05, 4.69) is 113 Å². The van der Waals surface area contributed by atoms with E-state index in [0.29, 0.717) is 5.92 Å². The monoisotopic (exact) mass is 488 g/mol. The molecule has 2 atom stereocenters. The van der Waals surface area contributed by atoms with Crippen LogP contribution in [-0.2, 0) is 0 Å². The molecule has 2 aliphatic carbocycles. The molecule has 3 aromatic carbocycles. The molecular weight excluding hydrogens is 464 g/mol. The first-order valence-electron chi connectivity index (χ1n) is 13.0. The first-order chi connectivity index (χ1) is 18.9. The van der Waals surface area contributed by atoms with Gasteiger partial charge in [-0.15, -0.1) is 0 Å². The second kappa shape index (κ2) is 8.29. The van der Waals surface area contributed by atoms with Gasteiger partial charge in [0.15, 0.2) is 0 Å². The Morgan fingerprint density at radius 3 is 2.08 bits per heavy atom. The highest BCUT2D eigenvalue weighted by molar-refractivity contribution is 6.19. The Morgan fingerprint density at radius 1 is 0.632 bits per heavy atom. The number of aromatic nitrogens is 2. The molecule has 3 heterocycles. The van der Waals surface area contributed by atoms with Crippen molar-refractivity contribution in [1.82, 2.24) is 9.97 Å². The molecular formula is C34H24N4. The Labute approximate surface area is 221 Å². The number of fused-ring (bicyclic) bond motifs is 5. The molecule has 1 aliphatic heterocycles. The minimum Gasteiger partial charge on any atom is -0.352 e. The molecule has 4 nitrogen and oxygen atoms in total. The normalized spacial score (nSPS) is 19.1. The number of hydrogen-bond donors (Lipinski definition) is 1. The van der Waals surface area contributed by atoms with Gasteiger partial charge in [-0.25, -0.2) is 0 Å². The predicted octanol–water partition coefficient (Wildman–Crippen LogP) is 8.62. The van der Waals surface area contributed by atoms with E-state index < -0.39 is 0 Å². The number of nitrogens with zero attached hydrogens (tertiary/aromatic N) is 3. The molecule has 2 aromatic heterocycles. The molecule has 8 rings (SSSR count). The van der Waals surface area contributed by atoms with Gasteiger partial charge in [-0.05, 0) is 48.0 Å². The number of pyridine rings is 2. The highest BCUT2D eigenvalue weighted by atomic mass is 15.2. The van der Waals surface area contributed by atoms with Gasteiger partial charge < -0.3 is 10.2 Å². The Hall–Kier alpha value is -4.96. The molecule has 5 aromatic rings. The van der Waals surface area contributed by atoms with E-state index in [1.54, 1.807) is 0 Å². The third-order valence-corrected chi connectivity index (χ3v) is 7.82. The van der Waals surface area contributed by atoms with Crippen LogP contribution in [0.2, 0.25) is 0 Å². The lowest BCUT2D eigenvalue weighted by atomic mass is 9.75. The number of para-hydroxylation sites is 4. The molecule has 0 saturated heterocycles. The third kappa shape index (κ3) is 3.04. The number of benzene rings is 3. The maximum Gasteiger partial charge on any atom is 0.0956 e. The van der Waals surface area contributed by atoms with E-state index in [9.17, 15) is 0 Å². The molecule has 3 aliphatic rings. The van der Waals surface area contributed by atoms with Crippen LogP contribution in [-0.4, -0.2) is 9.97 Å². The van der Waals surface area contributed by atoms with Crippen LogP contribution >= 0.6 is 0 Å². The summed E-state index contributed by atoms with van der Waals surface area (Å²) in [6.07, 6.45) is 19.4. The van der Waals surface area contributed by atoms with Crippen molar-refractivity contribution < 1.29 is 0 Å². The van der Waals surface area contributed by atoms with Crippen LogP contribution in [0.4, 0.5) is 28.4 Å². The van der Waals surface area contributed by atoms with Crippen molar-refractivity contribution in [2.24, 2.45) is 11.8 Å². The molecule has 0 fully saturated rings. The Kier molecular flexibility index (Phi) is 4.61. The number of anilines is 5. The first kappa shape index (κ1) is 21.2. The van der Waals surface area contributed by atoms with E-state index >= 15 is 0 Å². The van der Waals surface area contributed by atoms with Crippen LogP contribution in [0.1, 0.15) is 5.56 Å². The second-order valence-corrected chi connectivity index (χ2v) is 9.90. The summed E-state index contributed by atoms with van der Waals surface area (Å²) in [5.74, 6) is 0.613. The summed E-state index contributed by atoms with van der Waals surface area (Å²) in [6.45, 7) is 0. The van der Waals surface area contributed by atoms with Crippen LogP contribution in [0.25, 0.3) is 27.4 Å².